The van der Waals surface area contributed by atoms with Crippen LogP contribution in [0.1, 0.15) is 18.1 Å². The summed E-state index contributed by atoms with van der Waals surface area (Å²) < 4.78 is 1.87. The van der Waals surface area contributed by atoms with Crippen LogP contribution in [0.5, 0.6) is 0 Å². The number of nitro groups is 1. The maximum atomic E-state index is 12.4. The lowest BCUT2D eigenvalue weighted by atomic mass is 10.1. The molecule has 1 amide bonds. The zero-order valence-corrected chi connectivity index (χ0v) is 14.2. The summed E-state index contributed by atoms with van der Waals surface area (Å²) in [4.78, 5) is 22.8. The molecule has 0 spiro atoms. The minimum absolute atomic E-state index is 0.0422. The summed E-state index contributed by atoms with van der Waals surface area (Å²) in [6.07, 6.45) is 2.84. The maximum Gasteiger partial charge on any atom is 0.271 e. The topological polar surface area (TPSA) is 77.2 Å². The SMILES string of the molecule is CCc1ccc2c(ccn2CC(=O)Nc2cc([N+](=O)[O-])ccc2C)c1. The third kappa shape index (κ3) is 3.52. The number of aryl methyl sites for hydroxylation is 2. The van der Waals surface area contributed by atoms with Crippen LogP contribution in [0.2, 0.25) is 0 Å². The summed E-state index contributed by atoms with van der Waals surface area (Å²) in [6, 6.07) is 12.6. The summed E-state index contributed by atoms with van der Waals surface area (Å²) in [5, 5.41) is 14.8. The van der Waals surface area contributed by atoms with E-state index >= 15 is 0 Å². The average Bonchev–Trinajstić information content (AvgIpc) is 2.98. The number of nitro benzene ring substituents is 1. The van der Waals surface area contributed by atoms with Crippen LogP contribution in [0, 0.1) is 17.0 Å². The fourth-order valence-electron chi connectivity index (χ4n) is 2.81. The lowest BCUT2D eigenvalue weighted by Gasteiger charge is -2.10. The summed E-state index contributed by atoms with van der Waals surface area (Å²) >= 11 is 0. The van der Waals surface area contributed by atoms with Gasteiger partial charge in [0.25, 0.3) is 5.69 Å². The molecule has 0 radical (unpaired) electrons. The van der Waals surface area contributed by atoms with Gasteiger partial charge in [0.05, 0.1) is 10.6 Å². The quantitative estimate of drug-likeness (QED) is 0.563. The van der Waals surface area contributed by atoms with Gasteiger partial charge in [-0.3, -0.25) is 14.9 Å². The molecule has 6 heteroatoms. The van der Waals surface area contributed by atoms with Gasteiger partial charge in [-0.1, -0.05) is 19.1 Å². The fourth-order valence-corrected chi connectivity index (χ4v) is 2.81. The Morgan fingerprint density at radius 2 is 2.00 bits per heavy atom. The van der Waals surface area contributed by atoms with Crippen molar-refractivity contribution < 1.29 is 9.72 Å². The molecule has 0 saturated heterocycles. The Labute approximate surface area is 145 Å². The van der Waals surface area contributed by atoms with Crippen LogP contribution in [-0.2, 0) is 17.8 Å². The molecule has 1 N–H and O–H groups in total. The first-order chi connectivity index (χ1) is 12.0. The van der Waals surface area contributed by atoms with Crippen molar-refractivity contribution in [3.63, 3.8) is 0 Å². The highest BCUT2D eigenvalue weighted by molar-refractivity contribution is 5.93. The third-order valence-corrected chi connectivity index (χ3v) is 4.26. The molecule has 0 aliphatic heterocycles. The lowest BCUT2D eigenvalue weighted by Crippen LogP contribution is -2.18. The molecule has 0 saturated carbocycles. The van der Waals surface area contributed by atoms with Crippen molar-refractivity contribution in [2.24, 2.45) is 0 Å². The van der Waals surface area contributed by atoms with Gasteiger partial charge in [0.2, 0.25) is 5.91 Å². The van der Waals surface area contributed by atoms with Gasteiger partial charge in [0, 0.05) is 23.8 Å². The second-order valence-corrected chi connectivity index (χ2v) is 5.99. The minimum atomic E-state index is -0.472. The monoisotopic (exact) mass is 337 g/mol. The highest BCUT2D eigenvalue weighted by Crippen LogP contribution is 2.22. The molecule has 25 heavy (non-hydrogen) atoms. The number of carbonyl (C=O) groups is 1. The van der Waals surface area contributed by atoms with Crippen molar-refractivity contribution in [2.75, 3.05) is 5.32 Å². The van der Waals surface area contributed by atoms with Gasteiger partial charge in [-0.05, 0) is 48.1 Å². The first kappa shape index (κ1) is 16.7. The van der Waals surface area contributed by atoms with E-state index in [9.17, 15) is 14.9 Å². The smallest absolute Gasteiger partial charge is 0.271 e. The van der Waals surface area contributed by atoms with E-state index in [2.05, 4.69) is 24.4 Å². The highest BCUT2D eigenvalue weighted by atomic mass is 16.6. The largest absolute Gasteiger partial charge is 0.338 e. The minimum Gasteiger partial charge on any atom is -0.338 e. The van der Waals surface area contributed by atoms with Crippen molar-refractivity contribution in [1.29, 1.82) is 0 Å². The van der Waals surface area contributed by atoms with E-state index in [1.807, 2.05) is 22.9 Å². The summed E-state index contributed by atoms with van der Waals surface area (Å²) in [6.45, 7) is 4.06. The Kier molecular flexibility index (Phi) is 4.52. The van der Waals surface area contributed by atoms with E-state index < -0.39 is 4.92 Å². The lowest BCUT2D eigenvalue weighted by molar-refractivity contribution is -0.384. The van der Waals surface area contributed by atoms with Gasteiger partial charge in [-0.15, -0.1) is 0 Å². The molecule has 0 fully saturated rings. The molecule has 0 atom stereocenters. The van der Waals surface area contributed by atoms with E-state index in [0.29, 0.717) is 5.69 Å². The zero-order chi connectivity index (χ0) is 18.0. The van der Waals surface area contributed by atoms with E-state index in [4.69, 9.17) is 0 Å². The highest BCUT2D eigenvalue weighted by Gasteiger charge is 2.12. The predicted octanol–water partition coefficient (Wildman–Crippen LogP) is 4.06. The molecule has 6 nitrogen and oxygen atoms in total. The van der Waals surface area contributed by atoms with E-state index in [0.717, 1.165) is 22.9 Å². The summed E-state index contributed by atoms with van der Waals surface area (Å²) in [7, 11) is 0. The number of carbonyl (C=O) groups excluding carboxylic acids is 1. The number of nitrogens with zero attached hydrogens (tertiary/aromatic N) is 2. The number of nitrogens with one attached hydrogen (secondary N) is 1. The molecule has 3 aromatic rings. The van der Waals surface area contributed by atoms with Gasteiger partial charge in [0.15, 0.2) is 0 Å². The number of aromatic nitrogens is 1. The fraction of sp³-hybridized carbons (Fsp3) is 0.211. The van der Waals surface area contributed by atoms with Gasteiger partial charge in [-0.2, -0.15) is 0 Å². The molecule has 0 aliphatic rings. The number of hydrogen-bond donors (Lipinski definition) is 1. The second-order valence-electron chi connectivity index (χ2n) is 5.99. The van der Waals surface area contributed by atoms with Crippen molar-refractivity contribution in [3.05, 3.63) is 69.9 Å². The molecule has 2 aromatic carbocycles. The molecule has 1 aromatic heterocycles. The normalized spacial score (nSPS) is 10.8. The molecule has 128 valence electrons. The zero-order valence-electron chi connectivity index (χ0n) is 14.2. The van der Waals surface area contributed by atoms with Crippen LogP contribution in [-0.4, -0.2) is 15.4 Å². The number of anilines is 1. The summed E-state index contributed by atoms with van der Waals surface area (Å²) in [5.74, 6) is -0.222. The molecular formula is C19H19N3O3. The number of fused-ring (bicyclic) bond motifs is 1. The third-order valence-electron chi connectivity index (χ3n) is 4.26. The van der Waals surface area contributed by atoms with Crippen LogP contribution < -0.4 is 5.32 Å². The second kappa shape index (κ2) is 6.76. The first-order valence-corrected chi connectivity index (χ1v) is 8.10. The van der Waals surface area contributed by atoms with E-state index in [1.165, 1.54) is 17.7 Å². The van der Waals surface area contributed by atoms with Crippen molar-refractivity contribution in [1.82, 2.24) is 4.57 Å². The van der Waals surface area contributed by atoms with E-state index in [-0.39, 0.29) is 18.1 Å². The van der Waals surface area contributed by atoms with Gasteiger partial charge in [-0.25, -0.2) is 0 Å². The standard InChI is InChI=1S/C19H19N3O3/c1-3-14-5-7-18-15(10-14)8-9-21(18)12-19(23)20-17-11-16(22(24)25)6-4-13(17)2/h4-11H,3,12H2,1-2H3,(H,20,23). The van der Waals surface area contributed by atoms with Crippen LogP contribution in [0.15, 0.2) is 48.7 Å². The Balaban J connectivity index is 1.79. The number of benzene rings is 2. The van der Waals surface area contributed by atoms with E-state index in [1.54, 1.807) is 13.0 Å². The first-order valence-electron chi connectivity index (χ1n) is 8.10. The molecule has 0 unspecified atom stereocenters. The van der Waals surface area contributed by atoms with Gasteiger partial charge in [0.1, 0.15) is 6.54 Å². The average molecular weight is 337 g/mol. The van der Waals surface area contributed by atoms with Crippen molar-refractivity contribution in [2.45, 2.75) is 26.8 Å². The van der Waals surface area contributed by atoms with Crippen LogP contribution in [0.3, 0.4) is 0 Å². The number of rotatable bonds is 5. The van der Waals surface area contributed by atoms with Crippen LogP contribution in [0.4, 0.5) is 11.4 Å². The molecule has 0 aliphatic carbocycles. The van der Waals surface area contributed by atoms with Gasteiger partial charge >= 0.3 is 0 Å². The van der Waals surface area contributed by atoms with Crippen molar-refractivity contribution in [3.8, 4) is 0 Å². The Bertz CT molecular complexity index is 960. The Morgan fingerprint density at radius 3 is 2.72 bits per heavy atom. The number of hydrogen-bond acceptors (Lipinski definition) is 3. The van der Waals surface area contributed by atoms with Crippen LogP contribution in [0.25, 0.3) is 10.9 Å². The molecule has 0 bridgehead atoms. The van der Waals surface area contributed by atoms with Gasteiger partial charge < -0.3 is 9.88 Å². The predicted molar refractivity (Wildman–Crippen MR) is 97.8 cm³/mol. The number of non-ortho nitro benzene ring substituents is 1. The van der Waals surface area contributed by atoms with Crippen LogP contribution >= 0.6 is 0 Å². The number of amides is 1. The molecular weight excluding hydrogens is 318 g/mol. The maximum absolute atomic E-state index is 12.4. The van der Waals surface area contributed by atoms with Crippen molar-refractivity contribution >= 4 is 28.2 Å². The molecule has 1 heterocycles. The Hall–Kier alpha value is -3.15. The Morgan fingerprint density at radius 1 is 1.20 bits per heavy atom. The summed E-state index contributed by atoms with van der Waals surface area (Å²) in [5.41, 5.74) is 3.44. The molecule has 3 rings (SSSR count).